The van der Waals surface area contributed by atoms with Gasteiger partial charge in [-0.2, -0.15) is 13.2 Å². The van der Waals surface area contributed by atoms with Crippen LogP contribution in [0.15, 0.2) is 18.2 Å². The average Bonchev–Trinajstić information content (AvgIpc) is 2.44. The van der Waals surface area contributed by atoms with Crippen LogP contribution in [0, 0.1) is 5.82 Å². The van der Waals surface area contributed by atoms with Crippen LogP contribution in [-0.2, 0) is 15.8 Å². The minimum atomic E-state index is -4.86. The molecule has 128 valence electrons. The molecule has 0 spiro atoms. The number of hydrogen-bond donors (Lipinski definition) is 1. The zero-order chi connectivity index (χ0) is 17.8. The van der Waals surface area contributed by atoms with E-state index in [4.69, 9.17) is 4.74 Å². The Bertz CT molecular complexity index is 588. The summed E-state index contributed by atoms with van der Waals surface area (Å²) in [7, 11) is 3.03. The summed E-state index contributed by atoms with van der Waals surface area (Å²) in [4.78, 5) is 24.4. The molecule has 0 radical (unpaired) electrons. The third kappa shape index (κ3) is 5.42. The first-order valence-electron chi connectivity index (χ1n) is 6.52. The molecule has 1 aromatic rings. The van der Waals surface area contributed by atoms with E-state index >= 15 is 0 Å². The van der Waals surface area contributed by atoms with E-state index < -0.39 is 36.1 Å². The smallest absolute Gasteiger partial charge is 0.419 e. The van der Waals surface area contributed by atoms with Crippen LogP contribution < -0.4 is 10.1 Å². The molecule has 0 fully saturated rings. The van der Waals surface area contributed by atoms with Gasteiger partial charge in [0, 0.05) is 14.1 Å². The summed E-state index contributed by atoms with van der Waals surface area (Å²) >= 11 is 0. The first kappa shape index (κ1) is 18.7. The number of alkyl halides is 3. The maximum atomic E-state index is 13.1. The van der Waals surface area contributed by atoms with Crippen molar-refractivity contribution in [1.82, 2.24) is 10.2 Å². The number of nitrogens with one attached hydrogen (secondary N) is 1. The van der Waals surface area contributed by atoms with E-state index in [0.717, 1.165) is 6.07 Å². The second-order valence-corrected chi connectivity index (χ2v) is 4.95. The number of benzene rings is 1. The van der Waals surface area contributed by atoms with Crippen LogP contribution in [0.25, 0.3) is 0 Å². The molecule has 0 heterocycles. The minimum Gasteiger partial charge on any atom is -0.484 e. The number of amides is 2. The molecule has 9 heteroatoms. The van der Waals surface area contributed by atoms with Crippen molar-refractivity contribution in [3.63, 3.8) is 0 Å². The van der Waals surface area contributed by atoms with E-state index in [9.17, 15) is 27.2 Å². The van der Waals surface area contributed by atoms with Crippen LogP contribution in [-0.4, -0.2) is 43.5 Å². The lowest BCUT2D eigenvalue weighted by Crippen LogP contribution is -2.45. The quantitative estimate of drug-likeness (QED) is 0.835. The van der Waals surface area contributed by atoms with E-state index in [-0.39, 0.29) is 11.7 Å². The normalized spacial score (nSPS) is 12.5. The SMILES string of the molecule is C[C@@H](NC(=O)COc1ccc(F)c(C(F)(F)F)c1)C(=O)N(C)C. The second-order valence-electron chi connectivity index (χ2n) is 4.95. The first-order chi connectivity index (χ1) is 10.5. The standard InChI is InChI=1S/C14H16F4N2O3/c1-8(13(22)20(2)3)19-12(21)7-23-9-4-5-11(15)10(6-9)14(16,17)18/h4-6,8H,7H2,1-3H3,(H,19,21)/t8-/m1/s1. The van der Waals surface area contributed by atoms with Gasteiger partial charge in [0.25, 0.3) is 5.91 Å². The zero-order valence-corrected chi connectivity index (χ0v) is 12.7. The van der Waals surface area contributed by atoms with Crippen LogP contribution in [0.3, 0.4) is 0 Å². The number of rotatable bonds is 5. The summed E-state index contributed by atoms with van der Waals surface area (Å²) in [5, 5.41) is 2.34. The molecule has 0 aliphatic carbocycles. The Hall–Kier alpha value is -2.32. The number of ether oxygens (including phenoxy) is 1. The molecule has 0 aromatic heterocycles. The summed E-state index contributed by atoms with van der Waals surface area (Å²) in [5.74, 6) is -2.77. The maximum Gasteiger partial charge on any atom is 0.419 e. The molecule has 0 saturated heterocycles. The highest BCUT2D eigenvalue weighted by molar-refractivity contribution is 5.87. The molecule has 0 bridgehead atoms. The topological polar surface area (TPSA) is 58.6 Å². The Morgan fingerprint density at radius 2 is 1.91 bits per heavy atom. The van der Waals surface area contributed by atoms with Crippen LogP contribution in [0.2, 0.25) is 0 Å². The van der Waals surface area contributed by atoms with Crippen molar-refractivity contribution in [3.05, 3.63) is 29.6 Å². The Labute approximate surface area is 130 Å². The molecule has 0 unspecified atom stereocenters. The highest BCUT2D eigenvalue weighted by Gasteiger charge is 2.34. The number of hydrogen-bond acceptors (Lipinski definition) is 3. The van der Waals surface area contributed by atoms with Gasteiger partial charge in [0.15, 0.2) is 6.61 Å². The van der Waals surface area contributed by atoms with Crippen molar-refractivity contribution in [2.24, 2.45) is 0 Å². The molecule has 5 nitrogen and oxygen atoms in total. The Kier molecular flexibility index (Phi) is 5.94. The van der Waals surface area contributed by atoms with Crippen molar-refractivity contribution in [2.45, 2.75) is 19.1 Å². The van der Waals surface area contributed by atoms with Gasteiger partial charge in [-0.15, -0.1) is 0 Å². The predicted octanol–water partition coefficient (Wildman–Crippen LogP) is 1.82. The number of likely N-dealkylation sites (N-methyl/N-ethyl adjacent to an activating group) is 1. The van der Waals surface area contributed by atoms with E-state index in [0.29, 0.717) is 12.1 Å². The lowest BCUT2D eigenvalue weighted by molar-refractivity contribution is -0.140. The Morgan fingerprint density at radius 1 is 1.30 bits per heavy atom. The average molecular weight is 336 g/mol. The molecule has 0 aliphatic rings. The summed E-state index contributed by atoms with van der Waals surface area (Å²) in [5.41, 5.74) is -1.48. The van der Waals surface area contributed by atoms with Gasteiger partial charge in [0.05, 0.1) is 5.56 Å². The molecule has 23 heavy (non-hydrogen) atoms. The molecule has 0 saturated carbocycles. The van der Waals surface area contributed by atoms with Crippen LogP contribution in [0.4, 0.5) is 17.6 Å². The molecule has 2 amide bonds. The predicted molar refractivity (Wildman–Crippen MR) is 73.2 cm³/mol. The van der Waals surface area contributed by atoms with Gasteiger partial charge in [0.1, 0.15) is 17.6 Å². The minimum absolute atomic E-state index is 0.305. The number of nitrogens with zero attached hydrogens (tertiary/aromatic N) is 1. The fraction of sp³-hybridized carbons (Fsp3) is 0.429. The molecule has 1 rings (SSSR count). The van der Waals surface area contributed by atoms with Crippen molar-refractivity contribution < 1.29 is 31.9 Å². The number of carbonyl (C=O) groups excluding carboxylic acids is 2. The summed E-state index contributed by atoms with van der Waals surface area (Å²) in [6.07, 6.45) is -4.86. The van der Waals surface area contributed by atoms with E-state index in [1.54, 1.807) is 0 Å². The highest BCUT2D eigenvalue weighted by atomic mass is 19.4. The monoisotopic (exact) mass is 336 g/mol. The fourth-order valence-electron chi connectivity index (χ4n) is 1.69. The van der Waals surface area contributed by atoms with Gasteiger partial charge in [-0.25, -0.2) is 4.39 Å². The van der Waals surface area contributed by atoms with Crippen molar-refractivity contribution in [1.29, 1.82) is 0 Å². The summed E-state index contributed by atoms with van der Waals surface area (Å²) in [6, 6.07) is 1.25. The first-order valence-corrected chi connectivity index (χ1v) is 6.52. The fourth-order valence-corrected chi connectivity index (χ4v) is 1.69. The van der Waals surface area contributed by atoms with E-state index in [1.165, 1.54) is 25.9 Å². The van der Waals surface area contributed by atoms with E-state index in [1.807, 2.05) is 0 Å². The zero-order valence-electron chi connectivity index (χ0n) is 12.7. The molecule has 1 N–H and O–H groups in total. The van der Waals surface area contributed by atoms with Crippen molar-refractivity contribution in [3.8, 4) is 5.75 Å². The number of carbonyl (C=O) groups is 2. The third-order valence-electron chi connectivity index (χ3n) is 2.80. The lowest BCUT2D eigenvalue weighted by atomic mass is 10.2. The van der Waals surface area contributed by atoms with Gasteiger partial charge in [0.2, 0.25) is 5.91 Å². The van der Waals surface area contributed by atoms with Crippen molar-refractivity contribution >= 4 is 11.8 Å². The van der Waals surface area contributed by atoms with Gasteiger partial charge in [-0.3, -0.25) is 9.59 Å². The van der Waals surface area contributed by atoms with Crippen molar-refractivity contribution in [2.75, 3.05) is 20.7 Å². The largest absolute Gasteiger partial charge is 0.484 e. The maximum absolute atomic E-state index is 13.1. The number of halogens is 4. The second kappa shape index (κ2) is 7.30. The lowest BCUT2D eigenvalue weighted by Gasteiger charge is -2.18. The van der Waals surface area contributed by atoms with Gasteiger partial charge < -0.3 is 15.0 Å². The molecule has 0 aliphatic heterocycles. The molecular weight excluding hydrogens is 320 g/mol. The van der Waals surface area contributed by atoms with Crippen LogP contribution >= 0.6 is 0 Å². The van der Waals surface area contributed by atoms with Gasteiger partial charge in [-0.1, -0.05) is 0 Å². The Morgan fingerprint density at radius 3 is 2.43 bits per heavy atom. The summed E-state index contributed by atoms with van der Waals surface area (Å²) in [6.45, 7) is 0.855. The van der Waals surface area contributed by atoms with Crippen LogP contribution in [0.5, 0.6) is 5.75 Å². The van der Waals surface area contributed by atoms with Crippen LogP contribution in [0.1, 0.15) is 12.5 Å². The molecule has 1 atom stereocenters. The Balaban J connectivity index is 2.65. The third-order valence-corrected chi connectivity index (χ3v) is 2.80. The highest BCUT2D eigenvalue weighted by Crippen LogP contribution is 2.33. The molecular formula is C14H16F4N2O3. The van der Waals surface area contributed by atoms with Gasteiger partial charge in [-0.05, 0) is 25.1 Å². The van der Waals surface area contributed by atoms with Gasteiger partial charge >= 0.3 is 6.18 Å². The van der Waals surface area contributed by atoms with E-state index in [2.05, 4.69) is 5.32 Å². The summed E-state index contributed by atoms with van der Waals surface area (Å²) < 4.78 is 55.6. The molecule has 1 aromatic carbocycles.